The molecular formula is C25H21IN2O6S2. The van der Waals surface area contributed by atoms with Crippen molar-refractivity contribution in [3.63, 3.8) is 0 Å². The lowest BCUT2D eigenvalue weighted by Gasteiger charge is -2.14. The first-order chi connectivity index (χ1) is 17.3. The number of carbonyl (C=O) groups is 1. The van der Waals surface area contributed by atoms with Crippen molar-refractivity contribution in [2.45, 2.75) is 11.8 Å². The summed E-state index contributed by atoms with van der Waals surface area (Å²) in [4.78, 5) is 17.5. The van der Waals surface area contributed by atoms with Gasteiger partial charge in [0, 0.05) is 0 Å². The molecule has 1 aliphatic rings. The Balaban J connectivity index is 1.60. The summed E-state index contributed by atoms with van der Waals surface area (Å²) in [5.41, 5.74) is 1.32. The maximum Gasteiger partial charge on any atom is 0.339 e. The highest BCUT2D eigenvalue weighted by molar-refractivity contribution is 14.1. The van der Waals surface area contributed by atoms with Crippen LogP contribution in [-0.4, -0.2) is 33.2 Å². The van der Waals surface area contributed by atoms with Gasteiger partial charge < -0.3 is 19.0 Å². The third kappa shape index (κ3) is 6.20. The quantitative estimate of drug-likeness (QED) is 0.202. The number of thioether (sulfide) groups is 1. The van der Waals surface area contributed by atoms with Crippen LogP contribution in [0, 0.1) is 3.57 Å². The lowest BCUT2D eigenvalue weighted by molar-refractivity contribution is -0.115. The fourth-order valence-electron chi connectivity index (χ4n) is 3.17. The van der Waals surface area contributed by atoms with E-state index < -0.39 is 10.1 Å². The van der Waals surface area contributed by atoms with Gasteiger partial charge in [0.15, 0.2) is 16.7 Å². The van der Waals surface area contributed by atoms with Gasteiger partial charge in [0.25, 0.3) is 5.91 Å². The average molecular weight is 636 g/mol. The summed E-state index contributed by atoms with van der Waals surface area (Å²) in [5, 5.41) is 3.20. The van der Waals surface area contributed by atoms with Crippen LogP contribution in [0.1, 0.15) is 12.5 Å². The molecular weight excluding hydrogens is 615 g/mol. The number of aliphatic imine (C=N–C) groups is 1. The average Bonchev–Trinajstić information content (AvgIpc) is 3.20. The van der Waals surface area contributed by atoms with Crippen molar-refractivity contribution < 1.29 is 26.9 Å². The Morgan fingerprint density at radius 2 is 1.81 bits per heavy atom. The standard InChI is InChI=1S/C25H21IN2O6S2/c1-3-33-21-14-16(13-20(26)23(21)34-36(30,31)19-7-5-4-6-8-19)15-22-24(29)28-25(35-22)27-17-9-11-18(32-2)12-10-17/h4-15H,3H2,1-2H3,(H,27,28,29)/b22-15-. The molecule has 3 aromatic carbocycles. The molecule has 0 saturated carbocycles. The minimum atomic E-state index is -4.05. The number of rotatable bonds is 8. The summed E-state index contributed by atoms with van der Waals surface area (Å²) in [6, 6.07) is 18.4. The smallest absolute Gasteiger partial charge is 0.339 e. The van der Waals surface area contributed by atoms with E-state index in [1.165, 1.54) is 23.9 Å². The largest absolute Gasteiger partial charge is 0.497 e. The summed E-state index contributed by atoms with van der Waals surface area (Å²) in [6.07, 6.45) is 1.69. The number of amides is 1. The van der Waals surface area contributed by atoms with E-state index in [4.69, 9.17) is 13.7 Å². The first kappa shape index (κ1) is 26.0. The van der Waals surface area contributed by atoms with Gasteiger partial charge in [0.1, 0.15) is 10.6 Å². The maximum absolute atomic E-state index is 12.8. The van der Waals surface area contributed by atoms with Crippen LogP contribution in [0.15, 0.2) is 81.5 Å². The molecule has 0 radical (unpaired) electrons. The molecule has 1 fully saturated rings. The second-order valence-electron chi connectivity index (χ2n) is 7.29. The van der Waals surface area contributed by atoms with Gasteiger partial charge in [-0.05, 0) is 101 Å². The Morgan fingerprint density at radius 1 is 1.08 bits per heavy atom. The van der Waals surface area contributed by atoms with E-state index in [2.05, 4.69) is 10.3 Å². The second kappa shape index (κ2) is 11.4. The Morgan fingerprint density at radius 3 is 2.47 bits per heavy atom. The van der Waals surface area contributed by atoms with Gasteiger partial charge in [-0.3, -0.25) is 4.79 Å². The summed E-state index contributed by atoms with van der Waals surface area (Å²) in [7, 11) is -2.47. The number of nitrogens with zero attached hydrogens (tertiary/aromatic N) is 1. The number of methoxy groups -OCH3 is 1. The Kier molecular flexibility index (Phi) is 8.21. The molecule has 0 aliphatic carbocycles. The van der Waals surface area contributed by atoms with Crippen molar-refractivity contribution in [2.24, 2.45) is 4.99 Å². The molecule has 0 unspecified atom stereocenters. The van der Waals surface area contributed by atoms with Crippen LogP contribution < -0.4 is 19.0 Å². The fraction of sp³-hybridized carbons (Fsp3) is 0.120. The fourth-order valence-corrected chi connectivity index (χ4v) is 5.87. The van der Waals surface area contributed by atoms with Crippen LogP contribution >= 0.6 is 34.4 Å². The van der Waals surface area contributed by atoms with Crippen LogP contribution in [0.5, 0.6) is 17.2 Å². The predicted molar refractivity (Wildman–Crippen MR) is 148 cm³/mol. The van der Waals surface area contributed by atoms with Gasteiger partial charge in [0.2, 0.25) is 0 Å². The first-order valence-corrected chi connectivity index (χ1v) is 14.0. The molecule has 0 atom stereocenters. The molecule has 186 valence electrons. The minimum Gasteiger partial charge on any atom is -0.497 e. The number of hydrogen-bond donors (Lipinski definition) is 1. The first-order valence-electron chi connectivity index (χ1n) is 10.7. The molecule has 1 saturated heterocycles. The van der Waals surface area contributed by atoms with Crippen LogP contribution in [0.4, 0.5) is 5.69 Å². The molecule has 3 aromatic rings. The van der Waals surface area contributed by atoms with E-state index in [1.54, 1.807) is 74.7 Å². The Labute approximate surface area is 227 Å². The molecule has 0 aromatic heterocycles. The lowest BCUT2D eigenvalue weighted by atomic mass is 10.2. The van der Waals surface area contributed by atoms with E-state index in [1.807, 2.05) is 22.6 Å². The second-order valence-corrected chi connectivity index (χ2v) is 11.0. The van der Waals surface area contributed by atoms with E-state index in [0.29, 0.717) is 37.3 Å². The predicted octanol–water partition coefficient (Wildman–Crippen LogP) is 5.36. The van der Waals surface area contributed by atoms with E-state index >= 15 is 0 Å². The number of amidine groups is 1. The van der Waals surface area contributed by atoms with Gasteiger partial charge >= 0.3 is 10.1 Å². The summed E-state index contributed by atoms with van der Waals surface area (Å²) < 4.78 is 42.3. The van der Waals surface area contributed by atoms with Gasteiger partial charge in [0.05, 0.1) is 27.9 Å². The molecule has 1 amide bonds. The van der Waals surface area contributed by atoms with Gasteiger partial charge in [-0.2, -0.15) is 8.42 Å². The van der Waals surface area contributed by atoms with Gasteiger partial charge in [-0.25, -0.2) is 4.99 Å². The van der Waals surface area contributed by atoms with Crippen molar-refractivity contribution >= 4 is 67.3 Å². The SMILES string of the molecule is CCOc1cc(/C=C2\SC(=Nc3ccc(OC)cc3)NC2=O)cc(I)c1OS(=O)(=O)c1ccccc1. The highest BCUT2D eigenvalue weighted by Crippen LogP contribution is 2.38. The summed E-state index contributed by atoms with van der Waals surface area (Å²) in [6.45, 7) is 2.08. The lowest BCUT2D eigenvalue weighted by Crippen LogP contribution is -2.19. The topological polar surface area (TPSA) is 103 Å². The summed E-state index contributed by atoms with van der Waals surface area (Å²) >= 11 is 3.19. The van der Waals surface area contributed by atoms with Crippen LogP contribution in [0.3, 0.4) is 0 Å². The van der Waals surface area contributed by atoms with Gasteiger partial charge in [-0.1, -0.05) is 18.2 Å². The third-order valence-electron chi connectivity index (χ3n) is 4.81. The number of carbonyl (C=O) groups excluding carboxylic acids is 1. The van der Waals surface area contributed by atoms with Crippen molar-refractivity contribution in [3.05, 3.63) is 80.8 Å². The van der Waals surface area contributed by atoms with E-state index in [-0.39, 0.29) is 22.3 Å². The monoisotopic (exact) mass is 636 g/mol. The summed E-state index contributed by atoms with van der Waals surface area (Å²) in [5.74, 6) is 0.776. The highest BCUT2D eigenvalue weighted by atomic mass is 127. The molecule has 8 nitrogen and oxygen atoms in total. The molecule has 0 spiro atoms. The number of halogens is 1. The van der Waals surface area contributed by atoms with Gasteiger partial charge in [-0.15, -0.1) is 0 Å². The van der Waals surface area contributed by atoms with Crippen LogP contribution in [0.25, 0.3) is 6.08 Å². The zero-order valence-corrected chi connectivity index (χ0v) is 23.0. The maximum atomic E-state index is 12.8. The highest BCUT2D eigenvalue weighted by Gasteiger charge is 2.25. The number of nitrogens with one attached hydrogen (secondary N) is 1. The number of ether oxygens (including phenoxy) is 2. The third-order valence-corrected chi connectivity index (χ3v) is 7.76. The zero-order valence-electron chi connectivity index (χ0n) is 19.2. The molecule has 1 N–H and O–H groups in total. The number of hydrogen-bond acceptors (Lipinski definition) is 8. The molecule has 11 heteroatoms. The van der Waals surface area contributed by atoms with E-state index in [9.17, 15) is 13.2 Å². The zero-order chi connectivity index (χ0) is 25.7. The minimum absolute atomic E-state index is 0.0390. The molecule has 1 heterocycles. The van der Waals surface area contributed by atoms with Crippen molar-refractivity contribution in [2.75, 3.05) is 13.7 Å². The number of benzene rings is 3. The van der Waals surface area contributed by atoms with Crippen molar-refractivity contribution in [3.8, 4) is 17.2 Å². The molecule has 1 aliphatic heterocycles. The van der Waals surface area contributed by atoms with Crippen LogP contribution in [0.2, 0.25) is 0 Å². The molecule has 36 heavy (non-hydrogen) atoms. The van der Waals surface area contributed by atoms with E-state index in [0.717, 1.165) is 0 Å². The van der Waals surface area contributed by atoms with Crippen molar-refractivity contribution in [1.29, 1.82) is 0 Å². The van der Waals surface area contributed by atoms with Crippen molar-refractivity contribution in [1.82, 2.24) is 5.32 Å². The molecule has 0 bridgehead atoms. The Bertz CT molecular complexity index is 1440. The Hall–Kier alpha value is -3.03. The van der Waals surface area contributed by atoms with Crippen LogP contribution in [-0.2, 0) is 14.9 Å². The normalized spacial score (nSPS) is 15.7. The molecule has 4 rings (SSSR count).